The summed E-state index contributed by atoms with van der Waals surface area (Å²) in [5.74, 6) is 0.256. The van der Waals surface area contributed by atoms with Gasteiger partial charge in [0.1, 0.15) is 0 Å². The standard InChI is InChI=1S/C7H7N3O2/c1-12-6-3-2-5-4-8-9-7(5)10(6)11/h2-4H,1H3,(H,8,9). The van der Waals surface area contributed by atoms with Crippen LogP contribution in [0.3, 0.4) is 0 Å². The number of hydrogen-bond donors (Lipinski definition) is 1. The Balaban J connectivity index is 2.78. The van der Waals surface area contributed by atoms with Gasteiger partial charge in [0.15, 0.2) is 0 Å². The second kappa shape index (κ2) is 2.37. The molecular weight excluding hydrogens is 158 g/mol. The number of ether oxygens (including phenoxy) is 1. The molecule has 0 aromatic carbocycles. The largest absolute Gasteiger partial charge is 0.708 e. The number of hydrogen-bond acceptors (Lipinski definition) is 3. The average molecular weight is 165 g/mol. The second-order valence-electron chi connectivity index (χ2n) is 2.34. The summed E-state index contributed by atoms with van der Waals surface area (Å²) in [5, 5.41) is 18.4. The fraction of sp³-hybridized carbons (Fsp3) is 0.143. The molecule has 0 fully saturated rings. The minimum absolute atomic E-state index is 0.256. The number of H-pyrrole nitrogens is 1. The van der Waals surface area contributed by atoms with Crippen LogP contribution < -0.4 is 9.47 Å². The topological polar surface area (TPSA) is 64.8 Å². The third-order valence-corrected chi connectivity index (χ3v) is 1.67. The summed E-state index contributed by atoms with van der Waals surface area (Å²) >= 11 is 0. The van der Waals surface area contributed by atoms with Gasteiger partial charge in [-0.25, -0.2) is 0 Å². The number of nitrogens with zero attached hydrogens (tertiary/aromatic N) is 2. The van der Waals surface area contributed by atoms with Crippen molar-refractivity contribution in [2.75, 3.05) is 7.11 Å². The van der Waals surface area contributed by atoms with E-state index < -0.39 is 0 Å². The predicted octanol–water partition coefficient (Wildman–Crippen LogP) is 0.205. The van der Waals surface area contributed by atoms with E-state index in [0.717, 1.165) is 5.39 Å². The van der Waals surface area contributed by atoms with Crippen LogP contribution >= 0.6 is 0 Å². The highest BCUT2D eigenvalue weighted by atomic mass is 16.5. The zero-order valence-electron chi connectivity index (χ0n) is 6.44. The zero-order valence-corrected chi connectivity index (χ0v) is 6.44. The number of aromatic amines is 1. The van der Waals surface area contributed by atoms with Crippen LogP contribution in [0.1, 0.15) is 0 Å². The molecule has 0 spiro atoms. The molecule has 0 bridgehead atoms. The Morgan fingerprint density at radius 2 is 2.42 bits per heavy atom. The number of methoxy groups -OCH3 is 1. The smallest absolute Gasteiger partial charge is 0.314 e. The van der Waals surface area contributed by atoms with E-state index in [-0.39, 0.29) is 5.88 Å². The Hall–Kier alpha value is -1.78. The fourth-order valence-electron chi connectivity index (χ4n) is 1.06. The molecule has 62 valence electrons. The number of rotatable bonds is 1. The van der Waals surface area contributed by atoms with Crippen LogP contribution in [0, 0.1) is 5.21 Å². The Morgan fingerprint density at radius 1 is 1.58 bits per heavy atom. The third-order valence-electron chi connectivity index (χ3n) is 1.67. The molecule has 1 N–H and O–H groups in total. The van der Waals surface area contributed by atoms with E-state index in [2.05, 4.69) is 10.2 Å². The third kappa shape index (κ3) is 0.795. The maximum Gasteiger partial charge on any atom is 0.314 e. The minimum atomic E-state index is 0.256. The average Bonchev–Trinajstić information content (AvgIpc) is 2.53. The lowest BCUT2D eigenvalue weighted by atomic mass is 10.3. The summed E-state index contributed by atoms with van der Waals surface area (Å²) in [6.45, 7) is 0. The van der Waals surface area contributed by atoms with Gasteiger partial charge in [-0.05, 0) is 6.07 Å². The van der Waals surface area contributed by atoms with Crippen molar-refractivity contribution in [3.8, 4) is 5.88 Å². The molecule has 0 aliphatic rings. The van der Waals surface area contributed by atoms with E-state index in [1.807, 2.05) is 0 Å². The SMILES string of the molecule is COc1ccc2cn[nH]c2[n+]1[O-]. The van der Waals surface area contributed by atoms with Gasteiger partial charge in [-0.15, -0.1) is 5.10 Å². The first kappa shape index (κ1) is 6.90. The van der Waals surface area contributed by atoms with Crippen molar-refractivity contribution in [3.63, 3.8) is 0 Å². The van der Waals surface area contributed by atoms with Crippen molar-refractivity contribution in [1.82, 2.24) is 10.2 Å². The van der Waals surface area contributed by atoms with Crippen LogP contribution in [0.25, 0.3) is 11.0 Å². The van der Waals surface area contributed by atoms with Crippen molar-refractivity contribution in [1.29, 1.82) is 0 Å². The van der Waals surface area contributed by atoms with Crippen LogP contribution in [-0.4, -0.2) is 17.3 Å². The molecule has 12 heavy (non-hydrogen) atoms. The molecule has 5 heteroatoms. The molecule has 0 amide bonds. The molecule has 0 unspecified atom stereocenters. The van der Waals surface area contributed by atoms with Gasteiger partial charge in [0, 0.05) is 6.07 Å². The molecule has 0 aliphatic carbocycles. The molecule has 0 atom stereocenters. The normalized spacial score (nSPS) is 10.4. The van der Waals surface area contributed by atoms with E-state index in [1.165, 1.54) is 7.11 Å². The van der Waals surface area contributed by atoms with Gasteiger partial charge >= 0.3 is 5.65 Å². The van der Waals surface area contributed by atoms with Gasteiger partial charge in [-0.3, -0.25) is 0 Å². The van der Waals surface area contributed by atoms with E-state index in [9.17, 15) is 5.21 Å². The molecule has 0 saturated heterocycles. The summed E-state index contributed by atoms with van der Waals surface area (Å²) in [6.07, 6.45) is 1.59. The highest BCUT2D eigenvalue weighted by molar-refractivity contribution is 5.70. The number of nitrogens with one attached hydrogen (secondary N) is 1. The zero-order chi connectivity index (χ0) is 8.55. The molecule has 0 aliphatic heterocycles. The van der Waals surface area contributed by atoms with Crippen molar-refractivity contribution >= 4 is 11.0 Å². The molecule has 2 aromatic heterocycles. The van der Waals surface area contributed by atoms with Crippen LogP contribution in [0.5, 0.6) is 5.88 Å². The Labute approximate surface area is 68.2 Å². The summed E-state index contributed by atoms with van der Waals surface area (Å²) in [7, 11) is 1.45. The maximum atomic E-state index is 11.3. The van der Waals surface area contributed by atoms with Crippen LogP contribution in [0.15, 0.2) is 18.3 Å². The first-order valence-corrected chi connectivity index (χ1v) is 3.42. The van der Waals surface area contributed by atoms with Crippen molar-refractivity contribution in [3.05, 3.63) is 23.5 Å². The highest BCUT2D eigenvalue weighted by Gasteiger charge is 2.08. The Kier molecular flexibility index (Phi) is 1.36. The van der Waals surface area contributed by atoms with E-state index in [4.69, 9.17) is 4.74 Å². The molecular formula is C7H7N3O2. The highest BCUT2D eigenvalue weighted by Crippen LogP contribution is 2.10. The van der Waals surface area contributed by atoms with Crippen LogP contribution in [0.4, 0.5) is 0 Å². The van der Waals surface area contributed by atoms with Gasteiger partial charge in [-0.2, -0.15) is 4.73 Å². The number of fused-ring (bicyclic) bond motifs is 1. The second-order valence-corrected chi connectivity index (χ2v) is 2.34. The maximum absolute atomic E-state index is 11.3. The van der Waals surface area contributed by atoms with Gasteiger partial charge < -0.3 is 9.94 Å². The minimum Gasteiger partial charge on any atom is -0.708 e. The summed E-state index contributed by atoms with van der Waals surface area (Å²) in [6, 6.07) is 3.37. The summed E-state index contributed by atoms with van der Waals surface area (Å²) < 4.78 is 5.49. The monoisotopic (exact) mass is 165 g/mol. The van der Waals surface area contributed by atoms with Gasteiger partial charge in [0.2, 0.25) is 0 Å². The van der Waals surface area contributed by atoms with Crippen LogP contribution in [-0.2, 0) is 0 Å². The molecule has 5 nitrogen and oxygen atoms in total. The van der Waals surface area contributed by atoms with Crippen molar-refractivity contribution in [2.45, 2.75) is 0 Å². The van der Waals surface area contributed by atoms with Gasteiger partial charge in [-0.1, -0.05) is 5.10 Å². The van der Waals surface area contributed by atoms with Crippen molar-refractivity contribution < 1.29 is 9.47 Å². The van der Waals surface area contributed by atoms with E-state index in [1.54, 1.807) is 18.3 Å². The summed E-state index contributed by atoms with van der Waals surface area (Å²) in [5.41, 5.74) is 0.411. The molecule has 0 radical (unpaired) electrons. The van der Waals surface area contributed by atoms with Gasteiger partial charge in [0.05, 0.1) is 18.7 Å². The summed E-state index contributed by atoms with van der Waals surface area (Å²) in [4.78, 5) is 0. The van der Waals surface area contributed by atoms with Crippen LogP contribution in [0.2, 0.25) is 0 Å². The quantitative estimate of drug-likeness (QED) is 0.485. The van der Waals surface area contributed by atoms with Crippen molar-refractivity contribution in [2.24, 2.45) is 0 Å². The lowest BCUT2D eigenvalue weighted by molar-refractivity contribution is -0.586. The first-order chi connectivity index (χ1) is 5.83. The fourth-order valence-corrected chi connectivity index (χ4v) is 1.06. The molecule has 2 rings (SSSR count). The number of aromatic nitrogens is 3. The predicted molar refractivity (Wildman–Crippen MR) is 41.6 cm³/mol. The lowest BCUT2D eigenvalue weighted by Gasteiger charge is -2.06. The molecule has 2 heterocycles. The molecule has 0 saturated carbocycles. The number of pyridine rings is 1. The first-order valence-electron chi connectivity index (χ1n) is 3.42. The van der Waals surface area contributed by atoms with E-state index >= 15 is 0 Å². The molecule has 2 aromatic rings. The Morgan fingerprint density at radius 3 is 3.17 bits per heavy atom. The lowest BCUT2D eigenvalue weighted by Crippen LogP contribution is -2.29. The Bertz CT molecular complexity index is 410. The van der Waals surface area contributed by atoms with Gasteiger partial charge in [0.25, 0.3) is 5.88 Å². The van der Waals surface area contributed by atoms with E-state index in [0.29, 0.717) is 10.4 Å².